The van der Waals surface area contributed by atoms with Gasteiger partial charge in [-0.2, -0.15) is 0 Å². The van der Waals surface area contributed by atoms with Crippen molar-refractivity contribution in [3.63, 3.8) is 0 Å². The summed E-state index contributed by atoms with van der Waals surface area (Å²) in [7, 11) is 0.477. The van der Waals surface area contributed by atoms with Crippen LogP contribution in [0.3, 0.4) is 0 Å². The lowest BCUT2D eigenvalue weighted by Crippen LogP contribution is -2.28. The molecule has 0 amide bonds. The molecule has 4 unspecified atom stereocenters. The Morgan fingerprint density at radius 2 is 1.66 bits per heavy atom. The molecule has 1 fully saturated rings. The number of hydrogen-bond donors (Lipinski definition) is 2. The van der Waals surface area contributed by atoms with E-state index in [9.17, 15) is 10.2 Å². The van der Waals surface area contributed by atoms with Gasteiger partial charge in [-0.15, -0.1) is 0 Å². The fourth-order valence-electron chi connectivity index (χ4n) is 5.95. The standard InChI is InChI=1S/C29H43O2P/c1-9-14-21-20(5)28(21,8)23-17-19(4)18-24(26(23)30)29(10-2,11-3)32-25-16-13-12-15-22(25)27(6,7)31/h12-13,15-18,20-21,30-32H,9-11,14H2,1-8H3. The van der Waals surface area contributed by atoms with Crippen LogP contribution in [-0.2, 0) is 16.2 Å². The second-order valence-electron chi connectivity index (χ2n) is 10.7. The minimum absolute atomic E-state index is 0.0577. The summed E-state index contributed by atoms with van der Waals surface area (Å²) < 4.78 is 0. The van der Waals surface area contributed by atoms with E-state index in [-0.39, 0.29) is 10.6 Å². The maximum absolute atomic E-state index is 11.8. The smallest absolute Gasteiger partial charge is 0.123 e. The largest absolute Gasteiger partial charge is 0.507 e. The van der Waals surface area contributed by atoms with Crippen molar-refractivity contribution in [1.29, 1.82) is 0 Å². The first-order valence-electron chi connectivity index (χ1n) is 12.4. The molecular formula is C29H43O2P. The van der Waals surface area contributed by atoms with E-state index in [1.54, 1.807) is 0 Å². The molecule has 2 aromatic rings. The van der Waals surface area contributed by atoms with Crippen molar-refractivity contribution < 1.29 is 10.2 Å². The minimum Gasteiger partial charge on any atom is -0.507 e. The number of benzene rings is 2. The maximum atomic E-state index is 11.8. The van der Waals surface area contributed by atoms with Crippen LogP contribution in [0.15, 0.2) is 36.4 Å². The van der Waals surface area contributed by atoms with Gasteiger partial charge in [-0.3, -0.25) is 0 Å². The number of phenols is 1. The van der Waals surface area contributed by atoms with Crippen LogP contribution in [0.1, 0.15) is 96.4 Å². The molecule has 0 bridgehead atoms. The fraction of sp³-hybridized carbons (Fsp3) is 0.586. The Hall–Kier alpha value is -1.37. The summed E-state index contributed by atoms with van der Waals surface area (Å²) >= 11 is 0. The van der Waals surface area contributed by atoms with E-state index < -0.39 is 5.60 Å². The molecule has 176 valence electrons. The topological polar surface area (TPSA) is 40.5 Å². The zero-order valence-electron chi connectivity index (χ0n) is 21.3. The Bertz CT molecular complexity index is 954. The van der Waals surface area contributed by atoms with Gasteiger partial charge < -0.3 is 10.2 Å². The summed E-state index contributed by atoms with van der Waals surface area (Å²) in [4.78, 5) is 0. The van der Waals surface area contributed by atoms with Crippen molar-refractivity contribution in [2.45, 2.75) is 97.2 Å². The zero-order valence-corrected chi connectivity index (χ0v) is 22.3. The average Bonchev–Trinajstić information content (AvgIpc) is 3.27. The normalized spacial score (nSPS) is 23.8. The first-order chi connectivity index (χ1) is 15.0. The highest BCUT2D eigenvalue weighted by molar-refractivity contribution is 7.48. The van der Waals surface area contributed by atoms with Crippen LogP contribution in [0.5, 0.6) is 5.75 Å². The van der Waals surface area contributed by atoms with Gasteiger partial charge in [0.2, 0.25) is 0 Å². The zero-order chi connectivity index (χ0) is 23.9. The van der Waals surface area contributed by atoms with Crippen molar-refractivity contribution in [3.8, 4) is 5.75 Å². The van der Waals surface area contributed by atoms with Crippen molar-refractivity contribution >= 4 is 13.9 Å². The van der Waals surface area contributed by atoms with Gasteiger partial charge in [-0.25, -0.2) is 0 Å². The molecule has 2 aromatic carbocycles. The summed E-state index contributed by atoms with van der Waals surface area (Å²) in [6.45, 7) is 17.3. The van der Waals surface area contributed by atoms with Crippen molar-refractivity contribution in [3.05, 3.63) is 58.7 Å². The van der Waals surface area contributed by atoms with Gasteiger partial charge in [-0.1, -0.05) is 91.6 Å². The first kappa shape index (κ1) is 25.3. The van der Waals surface area contributed by atoms with E-state index in [1.165, 1.54) is 23.7 Å². The summed E-state index contributed by atoms with van der Waals surface area (Å²) in [5.74, 6) is 1.75. The highest BCUT2D eigenvalue weighted by atomic mass is 31.1. The molecule has 2 nitrogen and oxygen atoms in total. The van der Waals surface area contributed by atoms with Gasteiger partial charge in [-0.05, 0) is 62.7 Å². The van der Waals surface area contributed by atoms with Crippen LogP contribution in [0.2, 0.25) is 0 Å². The Balaban J connectivity index is 2.14. The van der Waals surface area contributed by atoms with Crippen LogP contribution in [0, 0.1) is 18.8 Å². The molecule has 1 aliphatic rings. The lowest BCUT2D eigenvalue weighted by molar-refractivity contribution is 0.0797. The summed E-state index contributed by atoms with van der Waals surface area (Å²) in [5, 5.41) is 23.6. The lowest BCUT2D eigenvalue weighted by atomic mass is 9.83. The van der Waals surface area contributed by atoms with E-state index in [1.807, 2.05) is 26.0 Å². The van der Waals surface area contributed by atoms with Gasteiger partial charge in [0.05, 0.1) is 5.60 Å². The Labute approximate surface area is 197 Å². The number of aromatic hydroxyl groups is 1. The average molecular weight is 455 g/mol. The second kappa shape index (κ2) is 9.11. The molecule has 0 spiro atoms. The molecule has 1 saturated carbocycles. The van der Waals surface area contributed by atoms with Gasteiger partial charge in [0, 0.05) is 21.7 Å². The molecule has 4 atom stereocenters. The molecule has 0 aromatic heterocycles. The van der Waals surface area contributed by atoms with Crippen LogP contribution >= 0.6 is 8.58 Å². The third kappa shape index (κ3) is 4.26. The van der Waals surface area contributed by atoms with Crippen LogP contribution in [0.25, 0.3) is 0 Å². The molecule has 0 aliphatic heterocycles. The van der Waals surface area contributed by atoms with E-state index in [0.29, 0.717) is 26.2 Å². The van der Waals surface area contributed by atoms with Crippen LogP contribution in [-0.4, -0.2) is 10.2 Å². The monoisotopic (exact) mass is 454 g/mol. The van der Waals surface area contributed by atoms with Crippen LogP contribution in [0.4, 0.5) is 0 Å². The summed E-state index contributed by atoms with van der Waals surface area (Å²) in [6, 6.07) is 12.7. The van der Waals surface area contributed by atoms with Gasteiger partial charge in [0.1, 0.15) is 5.75 Å². The Morgan fingerprint density at radius 1 is 1.03 bits per heavy atom. The molecule has 1 aliphatic carbocycles. The Morgan fingerprint density at radius 3 is 2.22 bits per heavy atom. The lowest BCUT2D eigenvalue weighted by Gasteiger charge is -2.36. The Kier molecular flexibility index (Phi) is 7.19. The third-order valence-corrected chi connectivity index (χ3v) is 10.5. The molecule has 32 heavy (non-hydrogen) atoms. The van der Waals surface area contributed by atoms with Gasteiger partial charge >= 0.3 is 0 Å². The van der Waals surface area contributed by atoms with Crippen molar-refractivity contribution in [2.75, 3.05) is 0 Å². The quantitative estimate of drug-likeness (QED) is 0.391. The molecule has 3 heteroatoms. The second-order valence-corrected chi connectivity index (χ2v) is 12.4. The third-order valence-electron chi connectivity index (χ3n) is 8.33. The molecular weight excluding hydrogens is 411 g/mol. The summed E-state index contributed by atoms with van der Waals surface area (Å²) in [6.07, 6.45) is 4.30. The maximum Gasteiger partial charge on any atom is 0.123 e. The number of hydrogen-bond acceptors (Lipinski definition) is 2. The predicted molar refractivity (Wildman–Crippen MR) is 140 cm³/mol. The number of rotatable bonds is 9. The van der Waals surface area contributed by atoms with E-state index in [4.69, 9.17) is 0 Å². The number of phenolic OH excluding ortho intramolecular Hbond substituents is 1. The summed E-state index contributed by atoms with van der Waals surface area (Å²) in [5.41, 5.74) is 3.63. The molecule has 0 heterocycles. The number of aryl methyl sites for hydroxylation is 1. The highest BCUT2D eigenvalue weighted by Gasteiger charge is 2.59. The van der Waals surface area contributed by atoms with Crippen LogP contribution < -0.4 is 5.30 Å². The van der Waals surface area contributed by atoms with E-state index >= 15 is 0 Å². The predicted octanol–water partition coefficient (Wildman–Crippen LogP) is 7.27. The molecule has 0 saturated heterocycles. The fourth-order valence-corrected chi connectivity index (χ4v) is 7.85. The van der Waals surface area contributed by atoms with Gasteiger partial charge in [0.15, 0.2) is 0 Å². The van der Waals surface area contributed by atoms with Crippen molar-refractivity contribution in [2.24, 2.45) is 11.8 Å². The SMILES string of the molecule is CCCC1C(C)C1(C)c1cc(C)cc(C(CC)(CC)Pc2ccccc2C(C)(C)O)c1O. The van der Waals surface area contributed by atoms with E-state index in [0.717, 1.165) is 29.5 Å². The molecule has 3 rings (SSSR count). The number of aliphatic hydroxyl groups is 1. The molecule has 2 N–H and O–H groups in total. The van der Waals surface area contributed by atoms with E-state index in [2.05, 4.69) is 65.8 Å². The first-order valence-corrected chi connectivity index (χ1v) is 13.4. The molecule has 0 radical (unpaired) electrons. The minimum atomic E-state index is -0.888. The van der Waals surface area contributed by atoms with Crippen molar-refractivity contribution in [1.82, 2.24) is 0 Å². The van der Waals surface area contributed by atoms with Gasteiger partial charge in [0.25, 0.3) is 0 Å². The highest BCUT2D eigenvalue weighted by Crippen LogP contribution is 2.64.